The average Bonchev–Trinajstić information content (AvgIpc) is 2.16. The minimum absolute atomic E-state index is 0.348. The molecule has 0 amide bonds. The molecule has 4 N–H and O–H groups in total. The van der Waals surface area contributed by atoms with Crippen LogP contribution >= 0.6 is 0 Å². The normalized spacial score (nSPS) is 15.1. The Labute approximate surface area is 89.5 Å². The Bertz CT molecular complexity index is 361. The van der Waals surface area contributed by atoms with Gasteiger partial charge in [0.25, 0.3) is 0 Å². The van der Waals surface area contributed by atoms with E-state index in [-0.39, 0.29) is 0 Å². The zero-order valence-corrected chi connectivity index (χ0v) is 9.17. The van der Waals surface area contributed by atoms with Crippen LogP contribution in [0.25, 0.3) is 0 Å². The molecule has 0 saturated carbocycles. The van der Waals surface area contributed by atoms with Gasteiger partial charge in [0.1, 0.15) is 5.82 Å². The fourth-order valence-electron chi connectivity index (χ4n) is 1.77. The van der Waals surface area contributed by atoms with E-state index in [1.165, 1.54) is 5.56 Å². The molecular weight excluding hydrogens is 190 g/mol. The van der Waals surface area contributed by atoms with Gasteiger partial charge in [-0.25, -0.2) is 4.98 Å². The van der Waals surface area contributed by atoms with Crippen LogP contribution in [0.2, 0.25) is 0 Å². The van der Waals surface area contributed by atoms with E-state index >= 15 is 0 Å². The monoisotopic (exact) mass is 207 g/mol. The Morgan fingerprint density at radius 2 is 2.20 bits per heavy atom. The summed E-state index contributed by atoms with van der Waals surface area (Å²) in [4.78, 5) is 8.50. The minimum atomic E-state index is 0.348. The molecule has 15 heavy (non-hydrogen) atoms. The van der Waals surface area contributed by atoms with Gasteiger partial charge in [0, 0.05) is 18.2 Å². The lowest BCUT2D eigenvalue weighted by Gasteiger charge is -2.21. The quantitative estimate of drug-likeness (QED) is 0.659. The topological polar surface area (TPSA) is 75.9 Å². The molecule has 0 atom stereocenters. The molecule has 5 heteroatoms. The van der Waals surface area contributed by atoms with Crippen molar-refractivity contribution in [3.05, 3.63) is 11.3 Å². The fourth-order valence-corrected chi connectivity index (χ4v) is 1.77. The van der Waals surface area contributed by atoms with Gasteiger partial charge >= 0.3 is 0 Å². The van der Waals surface area contributed by atoms with Crippen molar-refractivity contribution in [2.24, 2.45) is 0 Å². The summed E-state index contributed by atoms with van der Waals surface area (Å²) in [5, 5.41) is 6.59. The van der Waals surface area contributed by atoms with Crippen LogP contribution in [0.15, 0.2) is 0 Å². The van der Waals surface area contributed by atoms with E-state index in [9.17, 15) is 0 Å². The molecule has 1 aliphatic heterocycles. The van der Waals surface area contributed by atoms with Crippen molar-refractivity contribution in [2.45, 2.75) is 32.9 Å². The van der Waals surface area contributed by atoms with Crippen molar-refractivity contribution in [1.82, 2.24) is 15.3 Å². The molecule has 0 aromatic carbocycles. The van der Waals surface area contributed by atoms with Crippen molar-refractivity contribution in [1.29, 1.82) is 0 Å². The van der Waals surface area contributed by atoms with E-state index < -0.39 is 0 Å². The third-order valence-electron chi connectivity index (χ3n) is 2.38. The summed E-state index contributed by atoms with van der Waals surface area (Å²) in [6.07, 6.45) is 0.963. The molecular formula is C10H17N5. The number of rotatable bonds is 2. The molecule has 2 heterocycles. The van der Waals surface area contributed by atoms with E-state index in [0.29, 0.717) is 12.0 Å². The van der Waals surface area contributed by atoms with E-state index in [0.717, 1.165) is 31.0 Å². The van der Waals surface area contributed by atoms with Gasteiger partial charge < -0.3 is 16.4 Å². The van der Waals surface area contributed by atoms with Crippen LogP contribution < -0.4 is 16.4 Å². The zero-order chi connectivity index (χ0) is 10.8. The van der Waals surface area contributed by atoms with Crippen molar-refractivity contribution < 1.29 is 0 Å². The van der Waals surface area contributed by atoms with Crippen LogP contribution in [0.3, 0.4) is 0 Å². The second kappa shape index (κ2) is 4.02. The first-order valence-corrected chi connectivity index (χ1v) is 5.29. The Balaban J connectivity index is 2.38. The number of fused-ring (bicyclic) bond motifs is 1. The summed E-state index contributed by atoms with van der Waals surface area (Å²) >= 11 is 0. The van der Waals surface area contributed by atoms with Crippen molar-refractivity contribution in [3.8, 4) is 0 Å². The third-order valence-corrected chi connectivity index (χ3v) is 2.38. The molecule has 0 spiro atoms. The molecule has 0 radical (unpaired) electrons. The van der Waals surface area contributed by atoms with Crippen LogP contribution in [-0.2, 0) is 13.0 Å². The molecule has 1 aliphatic rings. The molecule has 1 aromatic heterocycles. The Kier molecular flexibility index (Phi) is 2.73. The van der Waals surface area contributed by atoms with Crippen LogP contribution in [0, 0.1) is 0 Å². The standard InChI is InChI=1S/C10H17N5/c1-6(2)13-9-7-3-4-12-5-8(7)14-10(11)15-9/h6,12H,3-5H2,1-2H3,(H3,11,13,14,15). The summed E-state index contributed by atoms with van der Waals surface area (Å²) < 4.78 is 0. The molecule has 2 rings (SSSR count). The van der Waals surface area contributed by atoms with E-state index in [4.69, 9.17) is 5.73 Å². The molecule has 82 valence electrons. The van der Waals surface area contributed by atoms with Gasteiger partial charge in [-0.3, -0.25) is 0 Å². The largest absolute Gasteiger partial charge is 0.368 e. The summed E-state index contributed by atoms with van der Waals surface area (Å²) in [7, 11) is 0. The maximum Gasteiger partial charge on any atom is 0.222 e. The predicted molar refractivity (Wildman–Crippen MR) is 60.6 cm³/mol. The molecule has 0 fully saturated rings. The van der Waals surface area contributed by atoms with Crippen LogP contribution in [0.4, 0.5) is 11.8 Å². The lowest BCUT2D eigenvalue weighted by atomic mass is 10.1. The van der Waals surface area contributed by atoms with Gasteiger partial charge in [-0.1, -0.05) is 0 Å². The fraction of sp³-hybridized carbons (Fsp3) is 0.600. The predicted octanol–water partition coefficient (Wildman–Crippen LogP) is 0.525. The van der Waals surface area contributed by atoms with Crippen LogP contribution in [-0.4, -0.2) is 22.6 Å². The number of nitrogens with two attached hydrogens (primary N) is 1. The van der Waals surface area contributed by atoms with Crippen molar-refractivity contribution in [3.63, 3.8) is 0 Å². The lowest BCUT2D eigenvalue weighted by molar-refractivity contribution is 0.624. The first-order valence-electron chi connectivity index (χ1n) is 5.29. The Morgan fingerprint density at radius 1 is 1.40 bits per heavy atom. The van der Waals surface area contributed by atoms with Gasteiger partial charge in [-0.15, -0.1) is 0 Å². The summed E-state index contributed by atoms with van der Waals surface area (Å²) in [6.45, 7) is 5.94. The smallest absolute Gasteiger partial charge is 0.222 e. The van der Waals surface area contributed by atoms with E-state index in [2.05, 4.69) is 34.4 Å². The second-order valence-corrected chi connectivity index (χ2v) is 4.08. The van der Waals surface area contributed by atoms with Gasteiger partial charge in [0.15, 0.2) is 0 Å². The first-order chi connectivity index (χ1) is 7.16. The Morgan fingerprint density at radius 3 is 2.93 bits per heavy atom. The average molecular weight is 207 g/mol. The lowest BCUT2D eigenvalue weighted by Crippen LogP contribution is -2.27. The summed E-state index contributed by atoms with van der Waals surface area (Å²) in [5.41, 5.74) is 7.90. The van der Waals surface area contributed by atoms with Gasteiger partial charge in [0.2, 0.25) is 5.95 Å². The molecule has 0 unspecified atom stereocenters. The van der Waals surface area contributed by atoms with Gasteiger partial charge in [0.05, 0.1) is 5.69 Å². The van der Waals surface area contributed by atoms with E-state index in [1.54, 1.807) is 0 Å². The van der Waals surface area contributed by atoms with Gasteiger partial charge in [-0.05, 0) is 26.8 Å². The zero-order valence-electron chi connectivity index (χ0n) is 9.17. The minimum Gasteiger partial charge on any atom is -0.368 e. The highest BCUT2D eigenvalue weighted by Crippen LogP contribution is 2.21. The molecule has 5 nitrogen and oxygen atoms in total. The maximum absolute atomic E-state index is 5.67. The molecule has 0 saturated heterocycles. The molecule has 0 aliphatic carbocycles. The van der Waals surface area contributed by atoms with Crippen molar-refractivity contribution >= 4 is 11.8 Å². The number of hydrogen-bond donors (Lipinski definition) is 3. The number of nitrogens with zero attached hydrogens (tertiary/aromatic N) is 2. The summed E-state index contributed by atoms with van der Waals surface area (Å²) in [5.74, 6) is 1.25. The van der Waals surface area contributed by atoms with Crippen LogP contribution in [0.1, 0.15) is 25.1 Å². The first kappa shape index (κ1) is 10.2. The van der Waals surface area contributed by atoms with Crippen molar-refractivity contribution in [2.75, 3.05) is 17.6 Å². The highest BCUT2D eigenvalue weighted by atomic mass is 15.1. The molecule has 1 aromatic rings. The number of anilines is 2. The highest BCUT2D eigenvalue weighted by molar-refractivity contribution is 5.51. The number of hydrogen-bond acceptors (Lipinski definition) is 5. The number of nitrogens with one attached hydrogen (secondary N) is 2. The highest BCUT2D eigenvalue weighted by Gasteiger charge is 2.16. The number of nitrogen functional groups attached to an aromatic ring is 1. The van der Waals surface area contributed by atoms with Gasteiger partial charge in [-0.2, -0.15) is 4.98 Å². The maximum atomic E-state index is 5.67. The Hall–Kier alpha value is -1.36. The molecule has 0 bridgehead atoms. The van der Waals surface area contributed by atoms with E-state index in [1.807, 2.05) is 0 Å². The third kappa shape index (κ3) is 2.18. The SMILES string of the molecule is CC(C)Nc1nc(N)nc2c1CCNC2. The summed E-state index contributed by atoms with van der Waals surface area (Å²) in [6, 6.07) is 0.360. The van der Waals surface area contributed by atoms with Crippen LogP contribution in [0.5, 0.6) is 0 Å². The second-order valence-electron chi connectivity index (χ2n) is 4.08. The number of aromatic nitrogens is 2.